The molecule has 0 aromatic heterocycles. The van der Waals surface area contributed by atoms with Gasteiger partial charge in [-0.05, 0) is 79.8 Å². The Morgan fingerprint density at radius 1 is 0.706 bits per heavy atom. The molecule has 10 nitrogen and oxygen atoms in total. The van der Waals surface area contributed by atoms with E-state index in [0.717, 1.165) is 57.8 Å². The third-order valence-corrected chi connectivity index (χ3v) is 18.8. The molecule has 11 heteroatoms. The fourth-order valence-electron chi connectivity index (χ4n) is 10.1. The molecule has 2 aromatic carbocycles. The van der Waals surface area contributed by atoms with Crippen molar-refractivity contribution in [2.75, 3.05) is 41.7 Å². The van der Waals surface area contributed by atoms with E-state index in [-0.39, 0.29) is 74.1 Å². The Hall–Kier alpha value is -2.71. The molecule has 2 aliphatic rings. The van der Waals surface area contributed by atoms with E-state index in [1.807, 2.05) is 13.0 Å². The Morgan fingerprint density at radius 2 is 1.29 bits per heavy atom. The van der Waals surface area contributed by atoms with Gasteiger partial charge >= 0.3 is 5.97 Å². The zero-order chi connectivity index (χ0) is 48.9. The van der Waals surface area contributed by atoms with Crippen LogP contribution in [0.2, 0.25) is 5.04 Å². The normalized spacial score (nSPS) is 20.4. The lowest BCUT2D eigenvalue weighted by atomic mass is 9.92. The smallest absolute Gasteiger partial charge is 0.334 e. The minimum absolute atomic E-state index is 0.00563. The number of benzene rings is 2. The third-order valence-electron chi connectivity index (χ3n) is 13.7. The van der Waals surface area contributed by atoms with Gasteiger partial charge in [0, 0.05) is 33.3 Å². The van der Waals surface area contributed by atoms with Crippen LogP contribution >= 0.6 is 0 Å². The summed E-state index contributed by atoms with van der Waals surface area (Å²) in [7, 11) is 2.12. The average Bonchev–Trinajstić information content (AvgIpc) is 3.66. The van der Waals surface area contributed by atoms with E-state index in [9.17, 15) is 4.79 Å². The summed E-state index contributed by atoms with van der Waals surface area (Å²) in [4.78, 5) is 13.0. The molecule has 0 saturated carbocycles. The molecular formula is C57H92O10Si. The summed E-state index contributed by atoms with van der Waals surface area (Å²) in [5.74, 6) is -0.247. The van der Waals surface area contributed by atoms with Crippen LogP contribution in [0.5, 0.6) is 0 Å². The monoisotopic (exact) mass is 965 g/mol. The van der Waals surface area contributed by atoms with Crippen molar-refractivity contribution in [2.24, 2.45) is 0 Å². The Bertz CT molecular complexity index is 1630. The molecule has 0 aliphatic carbocycles. The maximum absolute atomic E-state index is 13.0. The lowest BCUT2D eigenvalue weighted by Crippen LogP contribution is -2.67. The summed E-state index contributed by atoms with van der Waals surface area (Å²) >= 11 is 0. The van der Waals surface area contributed by atoms with Gasteiger partial charge in [-0.25, -0.2) is 4.79 Å². The molecule has 68 heavy (non-hydrogen) atoms. The van der Waals surface area contributed by atoms with E-state index in [1.54, 1.807) is 21.3 Å². The average molecular weight is 965 g/mol. The molecule has 2 aromatic rings. The molecule has 0 amide bonds. The predicted octanol–water partition coefficient (Wildman–Crippen LogP) is 12.3. The summed E-state index contributed by atoms with van der Waals surface area (Å²) < 4.78 is 55.0. The molecule has 0 N–H and O–H groups in total. The van der Waals surface area contributed by atoms with E-state index < -0.39 is 8.32 Å². The second-order valence-electron chi connectivity index (χ2n) is 20.2. The number of hydrogen-bond acceptors (Lipinski definition) is 10. The van der Waals surface area contributed by atoms with Crippen molar-refractivity contribution in [1.29, 1.82) is 0 Å². The van der Waals surface area contributed by atoms with Crippen LogP contribution in [0.1, 0.15) is 169 Å². The maximum atomic E-state index is 13.0. The van der Waals surface area contributed by atoms with Crippen molar-refractivity contribution < 1.29 is 47.1 Å². The summed E-state index contributed by atoms with van der Waals surface area (Å²) in [5, 5.41) is 2.23. The highest BCUT2D eigenvalue weighted by molar-refractivity contribution is 6.99. The first-order valence-corrected chi connectivity index (χ1v) is 28.3. The third kappa shape index (κ3) is 19.8. The topological polar surface area (TPSA) is 100 Å². The number of esters is 1. The van der Waals surface area contributed by atoms with Crippen LogP contribution in [0.4, 0.5) is 0 Å². The number of methoxy groups -OCH3 is 3. The zero-order valence-corrected chi connectivity index (χ0v) is 44.6. The van der Waals surface area contributed by atoms with Gasteiger partial charge in [-0.2, -0.15) is 0 Å². The van der Waals surface area contributed by atoms with Gasteiger partial charge in [0.05, 0.1) is 36.6 Å². The minimum atomic E-state index is -2.89. The highest BCUT2D eigenvalue weighted by atomic mass is 28.4. The molecule has 0 radical (unpaired) electrons. The van der Waals surface area contributed by atoms with Crippen LogP contribution in [-0.4, -0.2) is 98.7 Å². The summed E-state index contributed by atoms with van der Waals surface area (Å²) in [5.41, 5.74) is 0.693. The zero-order valence-electron chi connectivity index (χ0n) is 43.6. The van der Waals surface area contributed by atoms with Crippen LogP contribution in [0, 0.1) is 0 Å². The Morgan fingerprint density at radius 3 is 1.85 bits per heavy atom. The largest absolute Gasteiger partial charge is 0.455 e. The van der Waals surface area contributed by atoms with E-state index in [0.29, 0.717) is 12.0 Å². The maximum Gasteiger partial charge on any atom is 0.334 e. The fourth-order valence-corrected chi connectivity index (χ4v) is 14.8. The molecule has 1 fully saturated rings. The Balaban J connectivity index is 1.38. The van der Waals surface area contributed by atoms with Gasteiger partial charge in [-0.1, -0.05) is 178 Å². The first-order valence-electron chi connectivity index (χ1n) is 26.4. The number of allylic oxidation sites excluding steroid dienone is 1. The molecule has 2 aliphatic heterocycles. The summed E-state index contributed by atoms with van der Waals surface area (Å²) in [6, 6.07) is 21.4. The van der Waals surface area contributed by atoms with Crippen molar-refractivity contribution in [3.05, 3.63) is 84.5 Å². The molecule has 384 valence electrons. The number of unbranched alkanes of at least 4 members (excludes halogenated alkanes) is 11. The Labute approximate surface area is 413 Å². The number of cyclic esters (lactones) is 1. The SMILES string of the molecule is CCCCCCCCCCCCCC[C@H]1O[C@@H]([C@@H](CC[C@@H](C/C=C/CC[C@H](CC2=C[C@H](C)OC2=O)O[Si](c2ccccc2)(c2ccccc2)C(C)(C)C)OCOC)OCOC)CC[C@H]1OCOC. The van der Waals surface area contributed by atoms with Crippen LogP contribution < -0.4 is 10.4 Å². The number of hydrogen-bond donors (Lipinski definition) is 0. The van der Waals surface area contributed by atoms with E-state index in [4.69, 9.17) is 42.3 Å². The standard InChI is InChI=1S/C57H92O10Si/c1-9-10-11-12-13-14-15-16-17-18-19-29-36-54-53(64-45-61-8)39-40-55(66-54)52(63-44-60-7)38-37-48(62-43-59-6)30-23-20-24-31-49(42-47-41-46(2)65-56(47)58)67-68(57(3,4)5,50-32-25-21-26-33-50)51-34-27-22-28-35-51/h20-23,25-28,32-35,41,46,48-49,52-55H,9-19,24,29-31,36-40,42-45H2,1-8H3/b23-20+/t46-,48+,49+,52+,53+,54+,55+/m0/s1. The van der Waals surface area contributed by atoms with E-state index in [1.165, 1.54) is 81.0 Å². The minimum Gasteiger partial charge on any atom is -0.455 e. The first-order chi connectivity index (χ1) is 33.1. The van der Waals surface area contributed by atoms with Crippen molar-refractivity contribution in [3.8, 4) is 0 Å². The van der Waals surface area contributed by atoms with Gasteiger partial charge in [0.2, 0.25) is 0 Å². The van der Waals surface area contributed by atoms with Crippen molar-refractivity contribution in [2.45, 2.75) is 217 Å². The summed E-state index contributed by atoms with van der Waals surface area (Å²) in [6.07, 6.45) is 28.5. The fraction of sp³-hybridized carbons (Fsp3) is 0.702. The van der Waals surface area contributed by atoms with E-state index >= 15 is 0 Å². The number of carbonyl (C=O) groups is 1. The van der Waals surface area contributed by atoms with E-state index in [2.05, 4.69) is 101 Å². The number of carbonyl (C=O) groups excluding carboxylic acids is 1. The van der Waals surface area contributed by atoms with Crippen molar-refractivity contribution >= 4 is 24.7 Å². The van der Waals surface area contributed by atoms with Gasteiger partial charge in [-0.3, -0.25) is 0 Å². The lowest BCUT2D eigenvalue weighted by Gasteiger charge is -2.45. The number of ether oxygens (including phenoxy) is 8. The second kappa shape index (κ2) is 33.0. The van der Waals surface area contributed by atoms with Crippen molar-refractivity contribution in [3.63, 3.8) is 0 Å². The van der Waals surface area contributed by atoms with Crippen LogP contribution in [-0.2, 0) is 47.1 Å². The summed E-state index contributed by atoms with van der Waals surface area (Å²) in [6.45, 7) is 11.7. The van der Waals surface area contributed by atoms with Crippen molar-refractivity contribution in [1.82, 2.24) is 0 Å². The molecule has 4 rings (SSSR count). The van der Waals surface area contributed by atoms with Crippen LogP contribution in [0.3, 0.4) is 0 Å². The predicted molar refractivity (Wildman–Crippen MR) is 277 cm³/mol. The highest BCUT2D eigenvalue weighted by Crippen LogP contribution is 2.39. The number of rotatable bonds is 37. The van der Waals surface area contributed by atoms with Crippen LogP contribution in [0.15, 0.2) is 84.5 Å². The molecule has 7 atom stereocenters. The van der Waals surface area contributed by atoms with Gasteiger partial charge in [0.1, 0.15) is 26.5 Å². The highest BCUT2D eigenvalue weighted by Gasteiger charge is 2.51. The molecule has 2 heterocycles. The molecule has 0 unspecified atom stereocenters. The molecule has 1 saturated heterocycles. The van der Waals surface area contributed by atoms with Crippen LogP contribution in [0.25, 0.3) is 0 Å². The molecule has 0 spiro atoms. The quantitative estimate of drug-likeness (QED) is 0.0214. The van der Waals surface area contributed by atoms with Gasteiger partial charge in [0.25, 0.3) is 8.32 Å². The van der Waals surface area contributed by atoms with Gasteiger partial charge in [-0.15, -0.1) is 0 Å². The second-order valence-corrected chi connectivity index (χ2v) is 24.4. The van der Waals surface area contributed by atoms with Gasteiger partial charge in [0.15, 0.2) is 0 Å². The van der Waals surface area contributed by atoms with Gasteiger partial charge < -0.3 is 42.3 Å². The lowest BCUT2D eigenvalue weighted by molar-refractivity contribution is -0.210. The molecular weight excluding hydrogens is 873 g/mol. The molecule has 0 bridgehead atoms. The Kier molecular flexibility index (Phi) is 28.1. The first kappa shape index (κ1) is 57.9.